The molecule has 0 bridgehead atoms. The van der Waals surface area contributed by atoms with E-state index in [1.54, 1.807) is 0 Å². The third-order valence-corrected chi connectivity index (χ3v) is 5.18. The largest absolute Gasteiger partial charge is 0.358 e. The van der Waals surface area contributed by atoms with E-state index >= 15 is 0 Å². The molecule has 5 nitrogen and oxygen atoms in total. The highest BCUT2D eigenvalue weighted by molar-refractivity contribution is 7.80. The van der Waals surface area contributed by atoms with E-state index < -0.39 is 0 Å². The number of aromatic nitrogens is 2. The van der Waals surface area contributed by atoms with E-state index in [0.29, 0.717) is 23.6 Å². The van der Waals surface area contributed by atoms with Crippen LogP contribution in [0.2, 0.25) is 5.02 Å². The Bertz CT molecular complexity index is 782. The average Bonchev–Trinajstić information content (AvgIpc) is 2.61. The van der Waals surface area contributed by atoms with Crippen molar-refractivity contribution in [3.8, 4) is 0 Å². The van der Waals surface area contributed by atoms with Gasteiger partial charge in [0.1, 0.15) is 5.82 Å². The van der Waals surface area contributed by atoms with Crippen LogP contribution in [0.3, 0.4) is 0 Å². The van der Waals surface area contributed by atoms with Crippen molar-refractivity contribution in [2.45, 2.75) is 45.7 Å². The Morgan fingerprint density at radius 1 is 1.31 bits per heavy atom. The molecule has 2 aromatic rings. The molecular formula is C19H24ClN5S. The highest BCUT2D eigenvalue weighted by Crippen LogP contribution is 2.24. The smallest absolute Gasteiger partial charge is 0.231 e. The molecule has 1 fully saturated rings. The molecule has 138 valence electrons. The zero-order chi connectivity index (χ0) is 18.5. The summed E-state index contributed by atoms with van der Waals surface area (Å²) in [6.07, 6.45) is 3.68. The summed E-state index contributed by atoms with van der Waals surface area (Å²) in [5, 5.41) is 7.45. The Labute approximate surface area is 165 Å². The molecule has 7 heteroatoms. The van der Waals surface area contributed by atoms with Crippen LogP contribution in [0.1, 0.15) is 37.4 Å². The van der Waals surface area contributed by atoms with Gasteiger partial charge in [0, 0.05) is 35.9 Å². The van der Waals surface area contributed by atoms with Crippen LogP contribution in [0.15, 0.2) is 30.3 Å². The molecule has 0 aliphatic carbocycles. The normalized spacial score (nSPS) is 17.0. The number of halogens is 1. The number of rotatable bonds is 4. The highest BCUT2D eigenvalue weighted by Gasteiger charge is 2.20. The first-order valence-corrected chi connectivity index (χ1v) is 9.72. The summed E-state index contributed by atoms with van der Waals surface area (Å²) in [4.78, 5) is 11.5. The Kier molecular flexibility index (Phi) is 6.27. The summed E-state index contributed by atoms with van der Waals surface area (Å²) in [6, 6.07) is 10.2. The van der Waals surface area contributed by atoms with Gasteiger partial charge >= 0.3 is 0 Å². The van der Waals surface area contributed by atoms with E-state index in [4.69, 9.17) is 23.8 Å². The molecule has 0 saturated carbocycles. The lowest BCUT2D eigenvalue weighted by Gasteiger charge is -2.34. The number of aryl methyl sites for hydroxylation is 1. The summed E-state index contributed by atoms with van der Waals surface area (Å²) in [6.45, 7) is 5.81. The van der Waals surface area contributed by atoms with Gasteiger partial charge in [-0.05, 0) is 57.0 Å². The van der Waals surface area contributed by atoms with Crippen molar-refractivity contribution in [2.24, 2.45) is 0 Å². The monoisotopic (exact) mass is 389 g/mol. The third kappa shape index (κ3) is 4.83. The molecule has 1 atom stereocenters. The van der Waals surface area contributed by atoms with E-state index in [0.717, 1.165) is 28.6 Å². The van der Waals surface area contributed by atoms with Crippen LogP contribution in [0, 0.1) is 6.92 Å². The fraction of sp³-hybridized carbons (Fsp3) is 0.421. The topological polar surface area (TPSA) is 53.1 Å². The minimum absolute atomic E-state index is 0.480. The zero-order valence-corrected chi connectivity index (χ0v) is 16.7. The van der Waals surface area contributed by atoms with E-state index in [1.807, 2.05) is 37.3 Å². The number of hydrogen-bond acceptors (Lipinski definition) is 4. The van der Waals surface area contributed by atoms with E-state index in [-0.39, 0.29) is 0 Å². The molecule has 0 spiro atoms. The lowest BCUT2D eigenvalue weighted by molar-refractivity contribution is 0.481. The Morgan fingerprint density at radius 3 is 2.88 bits per heavy atom. The molecule has 1 saturated heterocycles. The maximum atomic E-state index is 6.18. The van der Waals surface area contributed by atoms with Crippen LogP contribution in [-0.4, -0.2) is 27.7 Å². The molecule has 3 rings (SSSR count). The van der Waals surface area contributed by atoms with Gasteiger partial charge in [-0.3, -0.25) is 0 Å². The van der Waals surface area contributed by atoms with Gasteiger partial charge in [-0.1, -0.05) is 29.8 Å². The standard InChI is InChI=1S/C19H24ClN5S/c1-13-11-17(25-10-6-5-7-14(25)2)23-18(22-13)24-19(26)21-12-15-8-3-4-9-16(15)20/h3-4,8-9,11,14H,5-7,10,12H2,1-2H3,(H2,21,22,23,24,26). The van der Waals surface area contributed by atoms with Crippen LogP contribution in [0.25, 0.3) is 0 Å². The highest BCUT2D eigenvalue weighted by atomic mass is 35.5. The van der Waals surface area contributed by atoms with Gasteiger partial charge in [-0.2, -0.15) is 4.98 Å². The lowest BCUT2D eigenvalue weighted by Crippen LogP contribution is -2.38. The van der Waals surface area contributed by atoms with Gasteiger partial charge in [0.2, 0.25) is 5.95 Å². The van der Waals surface area contributed by atoms with Crippen molar-refractivity contribution >= 4 is 40.7 Å². The minimum Gasteiger partial charge on any atom is -0.358 e. The van der Waals surface area contributed by atoms with Gasteiger partial charge in [0.05, 0.1) is 0 Å². The fourth-order valence-corrected chi connectivity index (χ4v) is 3.52. The zero-order valence-electron chi connectivity index (χ0n) is 15.1. The van der Waals surface area contributed by atoms with Crippen molar-refractivity contribution in [2.75, 3.05) is 16.8 Å². The summed E-state index contributed by atoms with van der Waals surface area (Å²) in [5.41, 5.74) is 1.91. The summed E-state index contributed by atoms with van der Waals surface area (Å²) in [7, 11) is 0. The Hall–Kier alpha value is -1.92. The minimum atomic E-state index is 0.480. The van der Waals surface area contributed by atoms with E-state index in [2.05, 4.69) is 32.4 Å². The second-order valence-corrected chi connectivity index (χ2v) is 7.44. The molecule has 1 aromatic carbocycles. The molecular weight excluding hydrogens is 366 g/mol. The first-order chi connectivity index (χ1) is 12.5. The number of anilines is 2. The maximum absolute atomic E-state index is 6.18. The molecule has 26 heavy (non-hydrogen) atoms. The van der Waals surface area contributed by atoms with Gasteiger partial charge in [0.25, 0.3) is 0 Å². The van der Waals surface area contributed by atoms with Gasteiger partial charge in [-0.25, -0.2) is 4.98 Å². The van der Waals surface area contributed by atoms with Crippen LogP contribution >= 0.6 is 23.8 Å². The third-order valence-electron chi connectivity index (χ3n) is 4.56. The van der Waals surface area contributed by atoms with Crippen LogP contribution < -0.4 is 15.5 Å². The average molecular weight is 390 g/mol. The predicted molar refractivity (Wildman–Crippen MR) is 112 cm³/mol. The van der Waals surface area contributed by atoms with Crippen molar-refractivity contribution < 1.29 is 0 Å². The van der Waals surface area contributed by atoms with Gasteiger partial charge in [0.15, 0.2) is 5.11 Å². The van der Waals surface area contributed by atoms with Gasteiger partial charge < -0.3 is 15.5 Å². The molecule has 1 aliphatic rings. The molecule has 2 heterocycles. The molecule has 2 N–H and O–H groups in total. The number of nitrogens with one attached hydrogen (secondary N) is 2. The SMILES string of the molecule is Cc1cc(N2CCCCC2C)nc(NC(=S)NCc2ccccc2Cl)n1. The number of thiocarbonyl (C=S) groups is 1. The lowest BCUT2D eigenvalue weighted by atomic mass is 10.0. The number of hydrogen-bond donors (Lipinski definition) is 2. The number of benzene rings is 1. The second-order valence-electron chi connectivity index (χ2n) is 6.63. The first kappa shape index (κ1) is 18.9. The number of piperidine rings is 1. The van der Waals surface area contributed by atoms with Gasteiger partial charge in [-0.15, -0.1) is 0 Å². The second kappa shape index (κ2) is 8.64. The quantitative estimate of drug-likeness (QED) is 0.760. The molecule has 1 unspecified atom stereocenters. The summed E-state index contributed by atoms with van der Waals surface area (Å²) >= 11 is 11.6. The number of nitrogens with zero attached hydrogens (tertiary/aromatic N) is 3. The maximum Gasteiger partial charge on any atom is 0.231 e. The van der Waals surface area contributed by atoms with Crippen molar-refractivity contribution in [3.05, 3.63) is 46.6 Å². The fourth-order valence-electron chi connectivity index (χ4n) is 3.16. The van der Waals surface area contributed by atoms with Crippen LogP contribution in [-0.2, 0) is 6.54 Å². The first-order valence-electron chi connectivity index (χ1n) is 8.93. The van der Waals surface area contributed by atoms with E-state index in [9.17, 15) is 0 Å². The summed E-state index contributed by atoms with van der Waals surface area (Å²) < 4.78 is 0. The van der Waals surface area contributed by atoms with Crippen molar-refractivity contribution in [1.29, 1.82) is 0 Å². The van der Waals surface area contributed by atoms with Crippen LogP contribution in [0.4, 0.5) is 11.8 Å². The Morgan fingerprint density at radius 2 is 2.12 bits per heavy atom. The molecule has 1 aliphatic heterocycles. The Balaban J connectivity index is 1.65. The predicted octanol–water partition coefficient (Wildman–Crippen LogP) is 4.30. The molecule has 0 amide bonds. The van der Waals surface area contributed by atoms with Crippen LogP contribution in [0.5, 0.6) is 0 Å². The van der Waals surface area contributed by atoms with Crippen molar-refractivity contribution in [1.82, 2.24) is 15.3 Å². The molecule has 1 aromatic heterocycles. The summed E-state index contributed by atoms with van der Waals surface area (Å²) in [5.74, 6) is 1.48. The molecule has 0 radical (unpaired) electrons. The van der Waals surface area contributed by atoms with E-state index in [1.165, 1.54) is 19.3 Å². The van der Waals surface area contributed by atoms with Crippen molar-refractivity contribution in [3.63, 3.8) is 0 Å².